The van der Waals surface area contributed by atoms with E-state index in [0.29, 0.717) is 0 Å². The van der Waals surface area contributed by atoms with Gasteiger partial charge in [-0.05, 0) is 31.6 Å². The summed E-state index contributed by atoms with van der Waals surface area (Å²) in [7, 11) is 2.92. The predicted molar refractivity (Wildman–Crippen MR) is 49.5 cm³/mol. The van der Waals surface area contributed by atoms with Crippen LogP contribution in [0.4, 0.5) is 0 Å². The quantitative estimate of drug-likeness (QED) is 0.567. The minimum Gasteiger partial charge on any atom is -0.303 e. The van der Waals surface area contributed by atoms with E-state index in [1.54, 1.807) is 0 Å². The van der Waals surface area contributed by atoms with E-state index in [-0.39, 0.29) is 0 Å². The van der Waals surface area contributed by atoms with E-state index in [2.05, 4.69) is 21.1 Å². The fraction of sp³-hybridized carbons (Fsp3) is 1.00. The average Bonchev–Trinajstić information content (AvgIpc) is 2.31. The molecule has 0 aromatic carbocycles. The molecule has 1 aliphatic rings. The summed E-state index contributed by atoms with van der Waals surface area (Å²) in [5.74, 6) is 0. The van der Waals surface area contributed by atoms with Crippen molar-refractivity contribution in [3.05, 3.63) is 0 Å². The zero-order chi connectivity index (χ0) is 7.40. The molecule has 1 heterocycles. The summed E-state index contributed by atoms with van der Waals surface area (Å²) in [4.78, 5) is 2.57. The fourth-order valence-corrected chi connectivity index (χ4v) is 1.89. The van der Waals surface area contributed by atoms with Crippen molar-refractivity contribution in [1.82, 2.24) is 4.90 Å². The Morgan fingerprint density at radius 3 is 2.90 bits per heavy atom. The van der Waals surface area contributed by atoms with Crippen molar-refractivity contribution >= 4 is 9.24 Å². The van der Waals surface area contributed by atoms with E-state index in [9.17, 15) is 0 Å². The second kappa shape index (κ2) is 4.31. The minimum atomic E-state index is 0.872. The largest absolute Gasteiger partial charge is 0.303 e. The van der Waals surface area contributed by atoms with Crippen LogP contribution in [0.3, 0.4) is 0 Å². The lowest BCUT2D eigenvalue weighted by Crippen LogP contribution is -2.21. The van der Waals surface area contributed by atoms with Crippen LogP contribution in [0.2, 0.25) is 0 Å². The summed E-state index contributed by atoms with van der Waals surface area (Å²) in [6, 6.07) is 0. The van der Waals surface area contributed by atoms with Crippen molar-refractivity contribution in [2.75, 3.05) is 19.6 Å². The molecule has 0 N–H and O–H groups in total. The van der Waals surface area contributed by atoms with E-state index < -0.39 is 0 Å². The second-order valence-corrected chi connectivity index (χ2v) is 4.15. The lowest BCUT2D eigenvalue weighted by molar-refractivity contribution is 0.333. The minimum absolute atomic E-state index is 0.872. The summed E-state index contributed by atoms with van der Waals surface area (Å²) in [6.45, 7) is 6.22. The summed E-state index contributed by atoms with van der Waals surface area (Å²) in [5, 5.41) is 0. The Morgan fingerprint density at radius 1 is 1.60 bits per heavy atom. The van der Waals surface area contributed by atoms with Gasteiger partial charge in [-0.25, -0.2) is 0 Å². The maximum Gasteiger partial charge on any atom is 0.00448 e. The second-order valence-electron chi connectivity index (χ2n) is 3.20. The summed E-state index contributed by atoms with van der Waals surface area (Å²) in [6.07, 6.45) is 4.09. The highest BCUT2D eigenvalue weighted by Gasteiger charge is 2.17. The normalized spacial score (nSPS) is 27.6. The number of hydrogen-bond donors (Lipinski definition) is 0. The highest BCUT2D eigenvalue weighted by molar-refractivity contribution is 7.17. The Bertz CT molecular complexity index is 95.3. The number of hydrogen-bond acceptors (Lipinski definition) is 1. The van der Waals surface area contributed by atoms with Crippen LogP contribution in [0, 0.1) is 0 Å². The molecule has 2 atom stereocenters. The standard InChI is InChI=1S/C8H18NP/c1-2-3-5-9-6-4-8(10)7-9/h8H,2-7,10H2,1H3. The SMILES string of the molecule is CCCCN1CCC(P)C1. The molecule has 0 aromatic heterocycles. The third kappa shape index (κ3) is 2.56. The highest BCUT2D eigenvalue weighted by Crippen LogP contribution is 2.16. The molecule has 0 amide bonds. The maximum atomic E-state index is 2.92. The molecule has 60 valence electrons. The molecular weight excluding hydrogens is 141 g/mol. The van der Waals surface area contributed by atoms with Crippen LogP contribution in [0.1, 0.15) is 26.2 Å². The first-order valence-corrected chi connectivity index (χ1v) is 4.97. The fourth-order valence-electron chi connectivity index (χ4n) is 1.45. The first-order chi connectivity index (χ1) is 4.83. The first-order valence-electron chi connectivity index (χ1n) is 4.31. The number of likely N-dealkylation sites (tertiary alicyclic amines) is 1. The van der Waals surface area contributed by atoms with Gasteiger partial charge in [0, 0.05) is 6.54 Å². The van der Waals surface area contributed by atoms with Gasteiger partial charge in [-0.15, -0.1) is 9.24 Å². The molecule has 2 heteroatoms. The molecule has 1 fully saturated rings. The van der Waals surface area contributed by atoms with Crippen molar-refractivity contribution in [3.63, 3.8) is 0 Å². The summed E-state index contributed by atoms with van der Waals surface area (Å²) >= 11 is 0. The smallest absolute Gasteiger partial charge is 0.00448 e. The van der Waals surface area contributed by atoms with Gasteiger partial charge in [-0.3, -0.25) is 0 Å². The molecule has 0 radical (unpaired) electrons. The van der Waals surface area contributed by atoms with Crippen molar-refractivity contribution in [2.24, 2.45) is 0 Å². The number of nitrogens with zero attached hydrogens (tertiary/aromatic N) is 1. The van der Waals surface area contributed by atoms with Gasteiger partial charge in [-0.1, -0.05) is 13.3 Å². The van der Waals surface area contributed by atoms with Gasteiger partial charge in [0.2, 0.25) is 0 Å². The Hall–Kier alpha value is 0.390. The van der Waals surface area contributed by atoms with E-state index in [1.807, 2.05) is 0 Å². The monoisotopic (exact) mass is 159 g/mol. The van der Waals surface area contributed by atoms with Gasteiger partial charge in [-0.2, -0.15) is 0 Å². The number of rotatable bonds is 3. The Kier molecular flexibility index (Phi) is 3.65. The molecule has 0 spiro atoms. The zero-order valence-electron chi connectivity index (χ0n) is 6.84. The molecule has 1 nitrogen and oxygen atoms in total. The van der Waals surface area contributed by atoms with Crippen LogP contribution in [0.25, 0.3) is 0 Å². The van der Waals surface area contributed by atoms with Gasteiger partial charge in [0.1, 0.15) is 0 Å². The Morgan fingerprint density at radius 2 is 2.40 bits per heavy atom. The first kappa shape index (κ1) is 8.49. The Labute approximate surface area is 66.4 Å². The predicted octanol–water partition coefficient (Wildman–Crippen LogP) is 1.74. The van der Waals surface area contributed by atoms with Crippen LogP contribution >= 0.6 is 9.24 Å². The molecule has 0 aromatic rings. The van der Waals surface area contributed by atoms with Crippen LogP contribution < -0.4 is 0 Å². The maximum absolute atomic E-state index is 2.92. The summed E-state index contributed by atoms with van der Waals surface area (Å²) < 4.78 is 0. The van der Waals surface area contributed by atoms with Crippen LogP contribution in [-0.2, 0) is 0 Å². The van der Waals surface area contributed by atoms with Gasteiger partial charge in [0.15, 0.2) is 0 Å². The topological polar surface area (TPSA) is 3.24 Å². The van der Waals surface area contributed by atoms with Crippen LogP contribution in [0.15, 0.2) is 0 Å². The average molecular weight is 159 g/mol. The lowest BCUT2D eigenvalue weighted by atomic mass is 10.3. The molecule has 0 aliphatic carbocycles. The van der Waals surface area contributed by atoms with E-state index in [4.69, 9.17) is 0 Å². The van der Waals surface area contributed by atoms with Crippen LogP contribution in [-0.4, -0.2) is 30.2 Å². The molecule has 1 aliphatic heterocycles. The van der Waals surface area contributed by atoms with Gasteiger partial charge < -0.3 is 4.90 Å². The molecule has 10 heavy (non-hydrogen) atoms. The Balaban J connectivity index is 2.06. The van der Waals surface area contributed by atoms with Crippen molar-refractivity contribution in [1.29, 1.82) is 0 Å². The molecular formula is C8H18NP. The molecule has 1 saturated heterocycles. The molecule has 0 bridgehead atoms. The molecule has 1 rings (SSSR count). The molecule has 2 unspecified atom stereocenters. The third-order valence-electron chi connectivity index (χ3n) is 2.14. The van der Waals surface area contributed by atoms with E-state index >= 15 is 0 Å². The third-order valence-corrected chi connectivity index (χ3v) is 2.68. The van der Waals surface area contributed by atoms with E-state index in [1.165, 1.54) is 38.9 Å². The lowest BCUT2D eigenvalue weighted by Gasteiger charge is -2.13. The zero-order valence-corrected chi connectivity index (χ0v) is 8.00. The van der Waals surface area contributed by atoms with Crippen LogP contribution in [0.5, 0.6) is 0 Å². The number of unbranched alkanes of at least 4 members (excludes halogenated alkanes) is 1. The van der Waals surface area contributed by atoms with E-state index in [0.717, 1.165) is 5.66 Å². The molecule has 0 saturated carbocycles. The van der Waals surface area contributed by atoms with Gasteiger partial charge in [0.25, 0.3) is 0 Å². The summed E-state index contributed by atoms with van der Waals surface area (Å²) in [5.41, 5.74) is 0.872. The highest BCUT2D eigenvalue weighted by atomic mass is 31.0. The van der Waals surface area contributed by atoms with Gasteiger partial charge in [0.05, 0.1) is 0 Å². The van der Waals surface area contributed by atoms with Gasteiger partial charge >= 0.3 is 0 Å². The van der Waals surface area contributed by atoms with Crippen molar-refractivity contribution in [2.45, 2.75) is 31.8 Å². The van der Waals surface area contributed by atoms with Crippen molar-refractivity contribution in [3.8, 4) is 0 Å². The van der Waals surface area contributed by atoms with Crippen molar-refractivity contribution < 1.29 is 0 Å².